The Hall–Kier alpha value is -1.70. The first kappa shape index (κ1) is 7.92. The number of anilines is 1. The molecule has 2 nitrogen and oxygen atoms in total. The maximum Gasteiger partial charge on any atom is 0.101 e. The van der Waals surface area contributed by atoms with E-state index in [4.69, 9.17) is 5.73 Å². The van der Waals surface area contributed by atoms with Gasteiger partial charge in [0.1, 0.15) is 5.82 Å². The Morgan fingerprint density at radius 2 is 1.85 bits per heavy atom. The van der Waals surface area contributed by atoms with Crippen molar-refractivity contribution in [3.8, 4) is 11.3 Å². The summed E-state index contributed by atoms with van der Waals surface area (Å²) in [7, 11) is 0. The van der Waals surface area contributed by atoms with Crippen LogP contribution in [-0.2, 0) is 0 Å². The molecule has 2 heteroatoms. The van der Waals surface area contributed by atoms with E-state index in [0.717, 1.165) is 5.69 Å². The molecule has 0 fully saturated rings. The molecule has 0 bridgehead atoms. The van der Waals surface area contributed by atoms with Crippen LogP contribution in [0.4, 0.5) is 5.82 Å². The second-order valence-corrected chi connectivity index (χ2v) is 3.14. The molecule has 13 heavy (non-hydrogen) atoms. The number of hydrogen-bond donors (Lipinski definition) is 2. The van der Waals surface area contributed by atoms with Crippen LogP contribution in [-0.4, -0.2) is 4.98 Å². The van der Waals surface area contributed by atoms with Crippen LogP contribution in [0.25, 0.3) is 11.3 Å². The molecule has 66 valence electrons. The Balaban J connectivity index is 2.52. The first-order valence-corrected chi connectivity index (χ1v) is 4.28. The summed E-state index contributed by atoms with van der Waals surface area (Å²) in [5.41, 5.74) is 9.15. The number of benzene rings is 1. The van der Waals surface area contributed by atoms with Crippen LogP contribution in [0.1, 0.15) is 5.56 Å². The van der Waals surface area contributed by atoms with Gasteiger partial charge in [-0.15, -0.1) is 0 Å². The zero-order valence-electron chi connectivity index (χ0n) is 7.54. The number of aryl methyl sites for hydroxylation is 1. The van der Waals surface area contributed by atoms with Gasteiger partial charge in [-0.25, -0.2) is 0 Å². The van der Waals surface area contributed by atoms with Crippen LogP contribution in [0, 0.1) is 6.92 Å². The molecule has 2 rings (SSSR count). The quantitative estimate of drug-likeness (QED) is 0.682. The van der Waals surface area contributed by atoms with E-state index < -0.39 is 0 Å². The van der Waals surface area contributed by atoms with Crippen LogP contribution in [0.2, 0.25) is 0 Å². The van der Waals surface area contributed by atoms with Gasteiger partial charge in [0.15, 0.2) is 0 Å². The summed E-state index contributed by atoms with van der Waals surface area (Å²) in [6.07, 6.45) is 0. The molecule has 0 aliphatic rings. The van der Waals surface area contributed by atoms with E-state index >= 15 is 0 Å². The summed E-state index contributed by atoms with van der Waals surface area (Å²) in [5, 5.41) is 0. The standard InChI is InChI=1S/C11H12N2/c1-8-4-2-3-5-9(8)10-6-7-11(12)13-10/h2-7,13H,12H2,1H3. The molecular weight excluding hydrogens is 160 g/mol. The molecule has 1 aromatic carbocycles. The monoisotopic (exact) mass is 172 g/mol. The van der Waals surface area contributed by atoms with Gasteiger partial charge in [0, 0.05) is 11.3 Å². The van der Waals surface area contributed by atoms with E-state index in [1.807, 2.05) is 24.3 Å². The third-order valence-corrected chi connectivity index (χ3v) is 2.14. The summed E-state index contributed by atoms with van der Waals surface area (Å²) >= 11 is 0. The highest BCUT2D eigenvalue weighted by Crippen LogP contribution is 2.22. The number of hydrogen-bond acceptors (Lipinski definition) is 1. The SMILES string of the molecule is Cc1ccccc1-c1ccc(N)[nH]1. The van der Waals surface area contributed by atoms with Crippen LogP contribution < -0.4 is 5.73 Å². The second kappa shape index (κ2) is 2.98. The molecule has 0 radical (unpaired) electrons. The van der Waals surface area contributed by atoms with E-state index in [1.165, 1.54) is 11.1 Å². The fraction of sp³-hybridized carbons (Fsp3) is 0.0909. The molecule has 0 aliphatic carbocycles. The van der Waals surface area contributed by atoms with Gasteiger partial charge < -0.3 is 10.7 Å². The molecule has 0 saturated heterocycles. The smallest absolute Gasteiger partial charge is 0.101 e. The van der Waals surface area contributed by atoms with Crippen molar-refractivity contribution in [1.82, 2.24) is 4.98 Å². The number of rotatable bonds is 1. The maximum atomic E-state index is 5.61. The zero-order valence-corrected chi connectivity index (χ0v) is 7.54. The first-order chi connectivity index (χ1) is 6.27. The molecule has 0 amide bonds. The Morgan fingerprint density at radius 3 is 2.46 bits per heavy atom. The normalized spacial score (nSPS) is 10.2. The largest absolute Gasteiger partial charge is 0.385 e. The Bertz CT molecular complexity index is 416. The molecule has 0 saturated carbocycles. The number of aromatic nitrogens is 1. The molecule has 0 unspecified atom stereocenters. The molecule has 0 atom stereocenters. The number of nitrogens with one attached hydrogen (secondary N) is 1. The van der Waals surface area contributed by atoms with Crippen molar-refractivity contribution in [2.45, 2.75) is 6.92 Å². The molecule has 3 N–H and O–H groups in total. The van der Waals surface area contributed by atoms with Crippen molar-refractivity contribution in [3.63, 3.8) is 0 Å². The van der Waals surface area contributed by atoms with Gasteiger partial charge in [0.2, 0.25) is 0 Å². The fourth-order valence-corrected chi connectivity index (χ4v) is 1.44. The van der Waals surface area contributed by atoms with Crippen LogP contribution in [0.5, 0.6) is 0 Å². The average molecular weight is 172 g/mol. The van der Waals surface area contributed by atoms with Crippen LogP contribution in [0.3, 0.4) is 0 Å². The van der Waals surface area contributed by atoms with Crippen molar-refractivity contribution in [1.29, 1.82) is 0 Å². The molecule has 0 spiro atoms. The van der Waals surface area contributed by atoms with Gasteiger partial charge >= 0.3 is 0 Å². The minimum absolute atomic E-state index is 0.707. The summed E-state index contributed by atoms with van der Waals surface area (Å²) in [4.78, 5) is 3.11. The zero-order chi connectivity index (χ0) is 9.26. The molecule has 1 heterocycles. The lowest BCUT2D eigenvalue weighted by Crippen LogP contribution is -1.85. The summed E-state index contributed by atoms with van der Waals surface area (Å²) in [6.45, 7) is 2.09. The maximum absolute atomic E-state index is 5.61. The molecule has 1 aromatic heterocycles. The lowest BCUT2D eigenvalue weighted by molar-refractivity contribution is 1.37. The number of H-pyrrole nitrogens is 1. The van der Waals surface area contributed by atoms with Crippen LogP contribution in [0.15, 0.2) is 36.4 Å². The highest BCUT2D eigenvalue weighted by atomic mass is 14.8. The van der Waals surface area contributed by atoms with Gasteiger partial charge in [-0.2, -0.15) is 0 Å². The van der Waals surface area contributed by atoms with Crippen LogP contribution >= 0.6 is 0 Å². The van der Waals surface area contributed by atoms with Gasteiger partial charge in [0.05, 0.1) is 0 Å². The molecule has 0 aliphatic heterocycles. The predicted octanol–water partition coefficient (Wildman–Crippen LogP) is 2.57. The number of nitrogen functional groups attached to an aromatic ring is 1. The van der Waals surface area contributed by atoms with Crippen molar-refractivity contribution in [3.05, 3.63) is 42.0 Å². The predicted molar refractivity (Wildman–Crippen MR) is 55.4 cm³/mol. The second-order valence-electron chi connectivity index (χ2n) is 3.14. The Labute approximate surface area is 77.4 Å². The van der Waals surface area contributed by atoms with E-state index in [0.29, 0.717) is 5.82 Å². The lowest BCUT2D eigenvalue weighted by Gasteiger charge is -2.01. The van der Waals surface area contributed by atoms with Gasteiger partial charge in [-0.1, -0.05) is 24.3 Å². The van der Waals surface area contributed by atoms with Gasteiger partial charge in [-0.3, -0.25) is 0 Å². The van der Waals surface area contributed by atoms with E-state index in [1.54, 1.807) is 0 Å². The summed E-state index contributed by atoms with van der Waals surface area (Å²) in [5.74, 6) is 0.707. The topological polar surface area (TPSA) is 41.8 Å². The lowest BCUT2D eigenvalue weighted by atomic mass is 10.1. The van der Waals surface area contributed by atoms with Crippen molar-refractivity contribution >= 4 is 5.82 Å². The number of aromatic amines is 1. The van der Waals surface area contributed by atoms with Gasteiger partial charge in [0.25, 0.3) is 0 Å². The van der Waals surface area contributed by atoms with E-state index in [9.17, 15) is 0 Å². The number of nitrogens with two attached hydrogens (primary N) is 1. The average Bonchev–Trinajstić information content (AvgIpc) is 2.53. The Morgan fingerprint density at radius 1 is 1.08 bits per heavy atom. The molecule has 2 aromatic rings. The van der Waals surface area contributed by atoms with Gasteiger partial charge in [-0.05, 0) is 24.6 Å². The summed E-state index contributed by atoms with van der Waals surface area (Å²) in [6, 6.07) is 12.1. The summed E-state index contributed by atoms with van der Waals surface area (Å²) < 4.78 is 0. The minimum atomic E-state index is 0.707. The van der Waals surface area contributed by atoms with Crippen molar-refractivity contribution in [2.24, 2.45) is 0 Å². The first-order valence-electron chi connectivity index (χ1n) is 4.28. The third kappa shape index (κ3) is 1.43. The van der Waals surface area contributed by atoms with E-state index in [2.05, 4.69) is 24.0 Å². The van der Waals surface area contributed by atoms with E-state index in [-0.39, 0.29) is 0 Å². The third-order valence-electron chi connectivity index (χ3n) is 2.14. The fourth-order valence-electron chi connectivity index (χ4n) is 1.44. The minimum Gasteiger partial charge on any atom is -0.385 e. The van der Waals surface area contributed by atoms with Crippen molar-refractivity contribution in [2.75, 3.05) is 5.73 Å². The highest BCUT2D eigenvalue weighted by molar-refractivity contribution is 5.65. The van der Waals surface area contributed by atoms with Crippen molar-refractivity contribution < 1.29 is 0 Å². The molecular formula is C11H12N2. The Kier molecular flexibility index (Phi) is 1.81. The highest BCUT2D eigenvalue weighted by Gasteiger charge is 2.01.